The Kier molecular flexibility index (Phi) is 6.61. The van der Waals surface area contributed by atoms with Gasteiger partial charge in [-0.1, -0.05) is 17.7 Å². The predicted octanol–water partition coefficient (Wildman–Crippen LogP) is 2.76. The van der Waals surface area contributed by atoms with Crippen LogP contribution in [0.5, 0.6) is 0 Å². The number of rotatable bonds is 3. The first kappa shape index (κ1) is 7.32. The lowest BCUT2D eigenvalue weighted by atomic mass is 10.3. The van der Waals surface area contributed by atoms with Crippen molar-refractivity contribution < 1.29 is 0 Å². The summed E-state index contributed by atoms with van der Waals surface area (Å²) in [5.41, 5.74) is 1.52. The van der Waals surface area contributed by atoms with E-state index in [0.29, 0.717) is 0 Å². The van der Waals surface area contributed by atoms with E-state index in [1.807, 2.05) is 6.08 Å². The van der Waals surface area contributed by atoms with Crippen LogP contribution in [0.3, 0.4) is 0 Å². The molecule has 2 heteroatoms. The summed E-state index contributed by atoms with van der Waals surface area (Å²) in [7, 11) is 0. The van der Waals surface area contributed by atoms with Crippen LogP contribution in [0.2, 0.25) is 0 Å². The molecule has 0 aliphatic heterocycles. The first-order chi connectivity index (χ1) is 3.41. The summed E-state index contributed by atoms with van der Waals surface area (Å²) in [5, 5.41) is 0. The molecule has 0 nitrogen and oxygen atoms in total. The standard InChI is InChI=1S/C5H8Cl2/c6-4-2-1-3-5-7/h2,4H,1,3,5H2/b4-2+. The molecule has 0 bridgehead atoms. The Bertz CT molecular complexity index is 50.0. The first-order valence-corrected chi connectivity index (χ1v) is 3.20. The van der Waals surface area contributed by atoms with Gasteiger partial charge in [0.05, 0.1) is 0 Å². The van der Waals surface area contributed by atoms with Crippen LogP contribution in [0.15, 0.2) is 11.6 Å². The molecule has 0 fully saturated rings. The Morgan fingerprint density at radius 3 is 2.57 bits per heavy atom. The van der Waals surface area contributed by atoms with Gasteiger partial charge < -0.3 is 0 Å². The maximum Gasteiger partial charge on any atom is 0.0226 e. The lowest BCUT2D eigenvalue weighted by Crippen LogP contribution is -1.68. The zero-order valence-electron chi connectivity index (χ0n) is 4.03. The minimum Gasteiger partial charge on any atom is -0.127 e. The molecule has 0 rings (SSSR count). The molecule has 0 saturated carbocycles. The van der Waals surface area contributed by atoms with Crippen LogP contribution in [0.1, 0.15) is 12.8 Å². The van der Waals surface area contributed by atoms with Gasteiger partial charge in [0, 0.05) is 11.4 Å². The average Bonchev–Trinajstić information content (AvgIpc) is 1.69. The number of unbranched alkanes of at least 4 members (excludes halogenated alkanes) is 1. The van der Waals surface area contributed by atoms with Gasteiger partial charge in [-0.15, -0.1) is 11.6 Å². The third kappa shape index (κ3) is 6.32. The maximum absolute atomic E-state index is 5.36. The molecular formula is C5H8Cl2. The van der Waals surface area contributed by atoms with Crippen LogP contribution in [-0.4, -0.2) is 5.88 Å². The first-order valence-electron chi connectivity index (χ1n) is 2.23. The van der Waals surface area contributed by atoms with Crippen molar-refractivity contribution in [3.8, 4) is 0 Å². The van der Waals surface area contributed by atoms with Gasteiger partial charge in [0.2, 0.25) is 0 Å². The van der Waals surface area contributed by atoms with E-state index in [1.165, 1.54) is 5.54 Å². The fourth-order valence-electron chi connectivity index (χ4n) is 0.258. The zero-order valence-corrected chi connectivity index (χ0v) is 5.54. The van der Waals surface area contributed by atoms with E-state index in [9.17, 15) is 0 Å². The fourth-order valence-corrected chi connectivity index (χ4v) is 0.538. The fraction of sp³-hybridized carbons (Fsp3) is 0.600. The van der Waals surface area contributed by atoms with Gasteiger partial charge in [0.1, 0.15) is 0 Å². The quantitative estimate of drug-likeness (QED) is 0.416. The van der Waals surface area contributed by atoms with Gasteiger partial charge in [-0.25, -0.2) is 0 Å². The van der Waals surface area contributed by atoms with Gasteiger partial charge in [-0.05, 0) is 12.8 Å². The number of alkyl halides is 1. The van der Waals surface area contributed by atoms with Crippen molar-refractivity contribution in [3.63, 3.8) is 0 Å². The van der Waals surface area contributed by atoms with Crippen molar-refractivity contribution >= 4 is 23.2 Å². The van der Waals surface area contributed by atoms with Gasteiger partial charge in [0.25, 0.3) is 0 Å². The predicted molar refractivity (Wildman–Crippen MR) is 34.9 cm³/mol. The van der Waals surface area contributed by atoms with E-state index in [1.54, 1.807) is 0 Å². The molecule has 0 atom stereocenters. The molecule has 0 spiro atoms. The molecule has 0 aliphatic carbocycles. The zero-order chi connectivity index (χ0) is 5.54. The van der Waals surface area contributed by atoms with E-state index in [0.717, 1.165) is 18.7 Å². The molecule has 0 radical (unpaired) electrons. The molecule has 0 heterocycles. The van der Waals surface area contributed by atoms with Crippen LogP contribution in [0.4, 0.5) is 0 Å². The van der Waals surface area contributed by atoms with Crippen molar-refractivity contribution in [2.75, 3.05) is 5.88 Å². The monoisotopic (exact) mass is 138 g/mol. The third-order valence-corrected chi connectivity index (χ3v) is 1.04. The van der Waals surface area contributed by atoms with E-state index in [4.69, 9.17) is 23.2 Å². The summed E-state index contributed by atoms with van der Waals surface area (Å²) in [6.45, 7) is 0. The van der Waals surface area contributed by atoms with E-state index >= 15 is 0 Å². The normalized spacial score (nSPS) is 10.6. The minimum atomic E-state index is 0.723. The number of allylic oxidation sites excluding steroid dienone is 1. The SMILES string of the molecule is Cl/C=C/CCCCl. The Morgan fingerprint density at radius 2 is 2.14 bits per heavy atom. The maximum atomic E-state index is 5.36. The van der Waals surface area contributed by atoms with Crippen LogP contribution < -0.4 is 0 Å². The average molecular weight is 139 g/mol. The van der Waals surface area contributed by atoms with Crippen molar-refractivity contribution in [1.29, 1.82) is 0 Å². The van der Waals surface area contributed by atoms with Crippen LogP contribution in [0.25, 0.3) is 0 Å². The van der Waals surface area contributed by atoms with Crippen molar-refractivity contribution in [3.05, 3.63) is 11.6 Å². The largest absolute Gasteiger partial charge is 0.127 e. The summed E-state index contributed by atoms with van der Waals surface area (Å²) in [6, 6.07) is 0. The van der Waals surface area contributed by atoms with E-state index in [-0.39, 0.29) is 0 Å². The molecule has 0 N–H and O–H groups in total. The van der Waals surface area contributed by atoms with E-state index in [2.05, 4.69) is 0 Å². The summed E-state index contributed by atoms with van der Waals surface area (Å²) in [6.07, 6.45) is 3.90. The molecule has 0 aromatic rings. The van der Waals surface area contributed by atoms with Crippen molar-refractivity contribution in [2.24, 2.45) is 0 Å². The lowest BCUT2D eigenvalue weighted by molar-refractivity contribution is 0.968. The second-order valence-electron chi connectivity index (χ2n) is 1.19. The highest BCUT2D eigenvalue weighted by Gasteiger charge is 1.75. The smallest absolute Gasteiger partial charge is 0.0226 e. The third-order valence-electron chi connectivity index (χ3n) is 0.594. The van der Waals surface area contributed by atoms with Crippen molar-refractivity contribution in [2.45, 2.75) is 12.8 Å². The highest BCUT2D eigenvalue weighted by atomic mass is 35.5. The highest BCUT2D eigenvalue weighted by molar-refractivity contribution is 6.25. The molecular weight excluding hydrogens is 131 g/mol. The van der Waals surface area contributed by atoms with E-state index < -0.39 is 0 Å². The number of hydrogen-bond acceptors (Lipinski definition) is 0. The van der Waals surface area contributed by atoms with Crippen LogP contribution in [-0.2, 0) is 0 Å². The molecule has 7 heavy (non-hydrogen) atoms. The Hall–Kier alpha value is 0.320. The second kappa shape index (κ2) is 6.32. The molecule has 0 unspecified atom stereocenters. The van der Waals surface area contributed by atoms with Crippen LogP contribution >= 0.6 is 23.2 Å². The Morgan fingerprint density at radius 1 is 1.43 bits per heavy atom. The topological polar surface area (TPSA) is 0 Å². The molecule has 0 aromatic carbocycles. The second-order valence-corrected chi connectivity index (χ2v) is 1.82. The highest BCUT2D eigenvalue weighted by Crippen LogP contribution is 1.93. The number of halogens is 2. The van der Waals surface area contributed by atoms with Gasteiger partial charge >= 0.3 is 0 Å². The lowest BCUT2D eigenvalue weighted by Gasteiger charge is -1.81. The minimum absolute atomic E-state index is 0.723. The molecule has 0 aliphatic rings. The molecule has 0 amide bonds. The Labute approximate surface area is 54.1 Å². The molecule has 42 valence electrons. The molecule has 0 saturated heterocycles. The summed E-state index contributed by atoms with van der Waals surface area (Å²) >= 11 is 10.6. The van der Waals surface area contributed by atoms with Gasteiger partial charge in [-0.2, -0.15) is 0 Å². The number of hydrogen-bond donors (Lipinski definition) is 0. The summed E-state index contributed by atoms with van der Waals surface area (Å²) in [5.74, 6) is 0.723. The Balaban J connectivity index is 2.69. The van der Waals surface area contributed by atoms with Gasteiger partial charge in [0.15, 0.2) is 0 Å². The van der Waals surface area contributed by atoms with Crippen LogP contribution in [0, 0.1) is 0 Å². The van der Waals surface area contributed by atoms with Gasteiger partial charge in [-0.3, -0.25) is 0 Å². The molecule has 0 aromatic heterocycles. The van der Waals surface area contributed by atoms with Crippen molar-refractivity contribution in [1.82, 2.24) is 0 Å². The summed E-state index contributed by atoms with van der Waals surface area (Å²) < 4.78 is 0. The summed E-state index contributed by atoms with van der Waals surface area (Å²) in [4.78, 5) is 0.